The molecule has 0 aliphatic carbocycles. The fourth-order valence-electron chi connectivity index (χ4n) is 2.57. The van der Waals surface area contributed by atoms with Crippen LogP contribution < -0.4 is 4.90 Å². The molecule has 1 aromatic carbocycles. The van der Waals surface area contributed by atoms with Gasteiger partial charge in [-0.15, -0.1) is 11.8 Å². The normalized spacial score (nSPS) is 18.2. The molecule has 0 unspecified atom stereocenters. The van der Waals surface area contributed by atoms with Crippen molar-refractivity contribution in [1.29, 1.82) is 0 Å². The maximum Gasteiger partial charge on any atom is 0.231 e. The minimum atomic E-state index is 0.143. The molecular weight excluding hydrogens is 282 g/mol. The maximum absolute atomic E-state index is 12.7. The van der Waals surface area contributed by atoms with E-state index in [9.17, 15) is 4.79 Å². The van der Waals surface area contributed by atoms with Gasteiger partial charge in [-0.3, -0.25) is 9.48 Å². The first-order valence-electron chi connectivity index (χ1n) is 7.13. The molecule has 110 valence electrons. The molecule has 0 radical (unpaired) electrons. The number of hydrogen-bond donors (Lipinski definition) is 0. The van der Waals surface area contributed by atoms with E-state index in [1.165, 1.54) is 4.90 Å². The lowest BCUT2D eigenvalue weighted by molar-refractivity contribution is -0.118. The zero-order valence-corrected chi connectivity index (χ0v) is 13.1. The molecule has 1 amide bonds. The predicted octanol–water partition coefficient (Wildman–Crippen LogP) is 2.74. The first kappa shape index (κ1) is 14.2. The highest BCUT2D eigenvalue weighted by Gasteiger charge is 2.24. The molecule has 1 aromatic heterocycles. The summed E-state index contributed by atoms with van der Waals surface area (Å²) in [5.74, 6) is 1.68. The van der Waals surface area contributed by atoms with Gasteiger partial charge in [0.05, 0.1) is 18.3 Å². The van der Waals surface area contributed by atoms with Crippen LogP contribution in [0.3, 0.4) is 0 Å². The van der Waals surface area contributed by atoms with Gasteiger partial charge in [-0.05, 0) is 23.6 Å². The first-order chi connectivity index (χ1) is 10.1. The monoisotopic (exact) mass is 301 g/mol. The number of aryl methyl sites for hydroxylation is 1. The average Bonchev–Trinajstić information content (AvgIpc) is 2.79. The Morgan fingerprint density at radius 2 is 2.24 bits per heavy atom. The highest BCUT2D eigenvalue weighted by molar-refractivity contribution is 7.99. The lowest BCUT2D eigenvalue weighted by Gasteiger charge is -2.24. The van der Waals surface area contributed by atoms with Crippen molar-refractivity contribution >= 4 is 23.4 Å². The lowest BCUT2D eigenvalue weighted by atomic mass is 10.1. The van der Waals surface area contributed by atoms with Crippen molar-refractivity contribution in [1.82, 2.24) is 9.78 Å². The van der Waals surface area contributed by atoms with Gasteiger partial charge < -0.3 is 4.90 Å². The van der Waals surface area contributed by atoms with Gasteiger partial charge in [0.25, 0.3) is 0 Å². The number of benzene rings is 1. The summed E-state index contributed by atoms with van der Waals surface area (Å²) in [4.78, 5) is 15.9. The molecule has 0 N–H and O–H groups in total. The minimum absolute atomic E-state index is 0.143. The van der Waals surface area contributed by atoms with E-state index in [2.05, 4.69) is 18.1 Å². The van der Waals surface area contributed by atoms with Crippen LogP contribution in [0.2, 0.25) is 0 Å². The minimum Gasteiger partial charge on any atom is -0.311 e. The van der Waals surface area contributed by atoms with Gasteiger partial charge in [0.15, 0.2) is 0 Å². The van der Waals surface area contributed by atoms with E-state index >= 15 is 0 Å². The molecule has 1 aliphatic heterocycles. The van der Waals surface area contributed by atoms with Crippen LogP contribution in [0.15, 0.2) is 41.6 Å². The second-order valence-corrected chi connectivity index (χ2v) is 6.65. The number of carbonyl (C=O) groups is 1. The van der Waals surface area contributed by atoms with Crippen LogP contribution in [0, 0.1) is 5.92 Å². The van der Waals surface area contributed by atoms with Crippen molar-refractivity contribution in [3.8, 4) is 0 Å². The molecule has 0 saturated carbocycles. The second kappa shape index (κ2) is 5.93. The predicted molar refractivity (Wildman–Crippen MR) is 85.6 cm³/mol. The van der Waals surface area contributed by atoms with E-state index in [1.807, 2.05) is 48.1 Å². The number of nitrogens with zero attached hydrogens (tertiary/aromatic N) is 3. The van der Waals surface area contributed by atoms with Crippen molar-refractivity contribution < 1.29 is 4.79 Å². The third kappa shape index (κ3) is 3.13. The standard InChI is InChI=1S/C16H19N3OS/c1-12-9-19(14-5-3-4-6-15(14)21-11-12)16(20)7-13-8-17-18(2)10-13/h3-6,8,10,12H,7,9,11H2,1-2H3/t12-/m1/s1. The summed E-state index contributed by atoms with van der Waals surface area (Å²) < 4.78 is 1.73. The lowest BCUT2D eigenvalue weighted by Crippen LogP contribution is -2.35. The Morgan fingerprint density at radius 3 is 3.00 bits per heavy atom. The number of carbonyl (C=O) groups excluding carboxylic acids is 1. The molecule has 5 heteroatoms. The molecule has 2 aromatic rings. The Labute approximate surface area is 129 Å². The number of amides is 1. The van der Waals surface area contributed by atoms with Gasteiger partial charge in [0, 0.05) is 30.4 Å². The number of fused-ring (bicyclic) bond motifs is 1. The van der Waals surface area contributed by atoms with Crippen LogP contribution in [0.1, 0.15) is 12.5 Å². The number of aromatic nitrogens is 2. The molecule has 21 heavy (non-hydrogen) atoms. The van der Waals surface area contributed by atoms with Crippen molar-refractivity contribution in [3.05, 3.63) is 42.2 Å². The molecule has 0 fully saturated rings. The fourth-order valence-corrected chi connectivity index (χ4v) is 3.64. The second-order valence-electron chi connectivity index (χ2n) is 5.59. The average molecular weight is 301 g/mol. The summed E-state index contributed by atoms with van der Waals surface area (Å²) in [6.07, 6.45) is 4.07. The molecule has 0 bridgehead atoms. The van der Waals surface area contributed by atoms with E-state index in [1.54, 1.807) is 10.9 Å². The van der Waals surface area contributed by atoms with E-state index in [0.29, 0.717) is 12.3 Å². The third-order valence-corrected chi connectivity index (χ3v) is 4.98. The van der Waals surface area contributed by atoms with E-state index < -0.39 is 0 Å². The Hall–Kier alpha value is -1.75. The largest absolute Gasteiger partial charge is 0.311 e. The Balaban J connectivity index is 1.86. The van der Waals surface area contributed by atoms with Gasteiger partial charge in [-0.25, -0.2) is 0 Å². The molecular formula is C16H19N3OS. The van der Waals surface area contributed by atoms with Gasteiger partial charge >= 0.3 is 0 Å². The Bertz CT molecular complexity index is 652. The summed E-state index contributed by atoms with van der Waals surface area (Å²) in [5.41, 5.74) is 2.00. The van der Waals surface area contributed by atoms with Crippen LogP contribution in [0.5, 0.6) is 0 Å². The van der Waals surface area contributed by atoms with E-state index in [4.69, 9.17) is 0 Å². The Morgan fingerprint density at radius 1 is 1.43 bits per heavy atom. The molecule has 0 saturated heterocycles. The summed E-state index contributed by atoms with van der Waals surface area (Å²) in [7, 11) is 1.87. The van der Waals surface area contributed by atoms with Crippen molar-refractivity contribution in [2.24, 2.45) is 13.0 Å². The molecule has 4 nitrogen and oxygen atoms in total. The van der Waals surface area contributed by atoms with Gasteiger partial charge in [0.2, 0.25) is 5.91 Å². The maximum atomic E-state index is 12.7. The zero-order chi connectivity index (χ0) is 14.8. The number of para-hydroxylation sites is 1. The van der Waals surface area contributed by atoms with E-state index in [-0.39, 0.29) is 5.91 Å². The van der Waals surface area contributed by atoms with Crippen LogP contribution in [-0.2, 0) is 18.3 Å². The smallest absolute Gasteiger partial charge is 0.231 e. The van der Waals surface area contributed by atoms with Gasteiger partial charge in [0.1, 0.15) is 0 Å². The van der Waals surface area contributed by atoms with Crippen LogP contribution in [-0.4, -0.2) is 28.0 Å². The first-order valence-corrected chi connectivity index (χ1v) is 8.12. The van der Waals surface area contributed by atoms with Crippen molar-refractivity contribution in [3.63, 3.8) is 0 Å². The molecule has 1 atom stereocenters. The number of anilines is 1. The van der Waals surface area contributed by atoms with Gasteiger partial charge in [-0.2, -0.15) is 5.10 Å². The highest BCUT2D eigenvalue weighted by atomic mass is 32.2. The summed E-state index contributed by atoms with van der Waals surface area (Å²) in [6, 6.07) is 8.18. The molecule has 1 aliphatic rings. The Kier molecular flexibility index (Phi) is 4.01. The molecule has 2 heterocycles. The topological polar surface area (TPSA) is 38.1 Å². The number of rotatable bonds is 2. The number of thioether (sulfide) groups is 1. The van der Waals surface area contributed by atoms with E-state index in [0.717, 1.165) is 23.5 Å². The van der Waals surface area contributed by atoms with Crippen LogP contribution >= 0.6 is 11.8 Å². The molecule has 3 rings (SSSR count). The highest BCUT2D eigenvalue weighted by Crippen LogP contribution is 2.35. The number of hydrogen-bond acceptors (Lipinski definition) is 3. The zero-order valence-electron chi connectivity index (χ0n) is 12.3. The quantitative estimate of drug-likeness (QED) is 0.856. The van der Waals surface area contributed by atoms with Crippen molar-refractivity contribution in [2.45, 2.75) is 18.2 Å². The third-order valence-electron chi connectivity index (χ3n) is 3.59. The molecule has 0 spiro atoms. The van der Waals surface area contributed by atoms with Crippen LogP contribution in [0.4, 0.5) is 5.69 Å². The summed E-state index contributed by atoms with van der Waals surface area (Å²) in [5, 5.41) is 4.13. The summed E-state index contributed by atoms with van der Waals surface area (Å²) in [6.45, 7) is 2.98. The van der Waals surface area contributed by atoms with Gasteiger partial charge in [-0.1, -0.05) is 19.1 Å². The van der Waals surface area contributed by atoms with Crippen LogP contribution in [0.25, 0.3) is 0 Å². The van der Waals surface area contributed by atoms with Crippen molar-refractivity contribution in [2.75, 3.05) is 17.2 Å². The summed E-state index contributed by atoms with van der Waals surface area (Å²) >= 11 is 1.84. The SMILES string of the molecule is C[C@H]1CSc2ccccc2N(C(=O)Cc2cnn(C)c2)C1. The fraction of sp³-hybridized carbons (Fsp3) is 0.375.